The summed E-state index contributed by atoms with van der Waals surface area (Å²) in [7, 11) is -3.75. The molecule has 0 radical (unpaired) electrons. The molecule has 162 valence electrons. The third kappa shape index (κ3) is 5.10. The predicted octanol–water partition coefficient (Wildman–Crippen LogP) is 2.70. The number of nitrogens with one attached hydrogen (secondary N) is 2. The maximum Gasteiger partial charge on any atom is 0.267 e. The Balaban J connectivity index is 1.39. The normalized spacial score (nSPS) is 17.1. The fraction of sp³-hybridized carbons (Fsp3) is 0.238. The Labute approximate surface area is 179 Å². The van der Waals surface area contributed by atoms with Gasteiger partial charge in [-0.15, -0.1) is 0 Å². The van der Waals surface area contributed by atoms with E-state index in [9.17, 15) is 13.2 Å². The zero-order valence-corrected chi connectivity index (χ0v) is 17.4. The summed E-state index contributed by atoms with van der Waals surface area (Å²) >= 11 is 0. The first-order valence-corrected chi connectivity index (χ1v) is 11.2. The van der Waals surface area contributed by atoms with Gasteiger partial charge in [0.1, 0.15) is 0 Å². The number of aromatic nitrogens is 3. The van der Waals surface area contributed by atoms with Crippen LogP contribution < -0.4 is 5.48 Å². The highest BCUT2D eigenvalue weighted by Gasteiger charge is 2.17. The van der Waals surface area contributed by atoms with Crippen LogP contribution in [-0.4, -0.2) is 41.4 Å². The van der Waals surface area contributed by atoms with Crippen molar-refractivity contribution in [3.05, 3.63) is 66.8 Å². The zero-order valence-electron chi connectivity index (χ0n) is 16.6. The van der Waals surface area contributed by atoms with Gasteiger partial charge >= 0.3 is 0 Å². The number of aromatic amines is 1. The maximum atomic E-state index is 12.9. The van der Waals surface area contributed by atoms with Crippen molar-refractivity contribution < 1.29 is 22.8 Å². The Morgan fingerprint density at radius 3 is 2.77 bits per heavy atom. The van der Waals surface area contributed by atoms with Crippen molar-refractivity contribution in [2.45, 2.75) is 30.4 Å². The van der Waals surface area contributed by atoms with E-state index in [1.165, 1.54) is 24.5 Å². The number of amides is 1. The summed E-state index contributed by atoms with van der Waals surface area (Å²) in [6, 6.07) is 8.15. The third-order valence-corrected chi connectivity index (χ3v) is 6.46. The van der Waals surface area contributed by atoms with E-state index in [0.717, 1.165) is 34.4 Å². The molecule has 1 atom stereocenters. The van der Waals surface area contributed by atoms with E-state index in [4.69, 9.17) is 9.57 Å². The molecule has 2 aromatic heterocycles. The first-order chi connectivity index (χ1) is 15.0. The average molecular weight is 442 g/mol. The van der Waals surface area contributed by atoms with Crippen LogP contribution in [-0.2, 0) is 24.4 Å². The van der Waals surface area contributed by atoms with Gasteiger partial charge in [0.05, 0.1) is 11.1 Å². The highest BCUT2D eigenvalue weighted by Crippen LogP contribution is 2.22. The van der Waals surface area contributed by atoms with Crippen molar-refractivity contribution in [1.82, 2.24) is 19.6 Å². The molecule has 31 heavy (non-hydrogen) atoms. The van der Waals surface area contributed by atoms with Crippen molar-refractivity contribution in [2.75, 3.05) is 6.61 Å². The van der Waals surface area contributed by atoms with E-state index in [1.54, 1.807) is 42.7 Å². The Bertz CT molecular complexity index is 1140. The van der Waals surface area contributed by atoms with Gasteiger partial charge < -0.3 is 4.74 Å². The lowest BCUT2D eigenvalue weighted by Crippen LogP contribution is -2.32. The molecule has 0 spiro atoms. The lowest BCUT2D eigenvalue weighted by Gasteiger charge is -2.21. The van der Waals surface area contributed by atoms with E-state index < -0.39 is 22.2 Å². The summed E-state index contributed by atoms with van der Waals surface area (Å²) in [6.45, 7) is 0.615. The molecule has 1 saturated heterocycles. The van der Waals surface area contributed by atoms with Gasteiger partial charge in [0, 0.05) is 43.3 Å². The largest absolute Gasteiger partial charge is 0.350 e. The monoisotopic (exact) mass is 442 g/mol. The second-order valence-electron chi connectivity index (χ2n) is 7.00. The van der Waals surface area contributed by atoms with Crippen molar-refractivity contribution in [3.8, 4) is 11.1 Å². The first kappa shape index (κ1) is 21.0. The number of benzene rings is 1. The Hall–Kier alpha value is -3.21. The molecule has 1 amide bonds. The molecule has 9 nitrogen and oxygen atoms in total. The molecule has 3 heterocycles. The molecule has 0 bridgehead atoms. The number of ether oxygens (including phenoxy) is 1. The second kappa shape index (κ2) is 9.29. The number of carbonyl (C=O) groups is 1. The lowest BCUT2D eigenvalue weighted by atomic mass is 10.1. The summed E-state index contributed by atoms with van der Waals surface area (Å²) in [5, 5.41) is 6.61. The van der Waals surface area contributed by atoms with E-state index in [0.29, 0.717) is 12.2 Å². The summed E-state index contributed by atoms with van der Waals surface area (Å²) in [5.74, 6) is -0.459. The number of hydroxylamine groups is 1. The maximum absolute atomic E-state index is 12.9. The molecular weight excluding hydrogens is 420 g/mol. The van der Waals surface area contributed by atoms with Crippen LogP contribution in [0.4, 0.5) is 0 Å². The first-order valence-electron chi connectivity index (χ1n) is 9.80. The molecule has 10 heteroatoms. The number of hydrogen-bond acceptors (Lipinski definition) is 6. The van der Waals surface area contributed by atoms with Gasteiger partial charge in [-0.05, 0) is 48.2 Å². The van der Waals surface area contributed by atoms with Crippen LogP contribution in [0.1, 0.15) is 24.8 Å². The summed E-state index contributed by atoms with van der Waals surface area (Å²) < 4.78 is 32.2. The molecule has 1 unspecified atom stereocenters. The van der Waals surface area contributed by atoms with E-state index >= 15 is 0 Å². The van der Waals surface area contributed by atoms with Gasteiger partial charge in [-0.1, -0.05) is 12.1 Å². The van der Waals surface area contributed by atoms with Crippen LogP contribution >= 0.6 is 0 Å². The smallest absolute Gasteiger partial charge is 0.267 e. The molecule has 1 fully saturated rings. The van der Waals surface area contributed by atoms with Gasteiger partial charge in [0.15, 0.2) is 6.29 Å². The molecule has 4 rings (SSSR count). The average Bonchev–Trinajstić information content (AvgIpc) is 3.50. The fourth-order valence-corrected chi connectivity index (χ4v) is 4.33. The molecular formula is C21H22N4O5S. The molecule has 2 N–H and O–H groups in total. The van der Waals surface area contributed by atoms with Gasteiger partial charge in [0.25, 0.3) is 15.9 Å². The van der Waals surface area contributed by atoms with Crippen LogP contribution in [0, 0.1) is 0 Å². The van der Waals surface area contributed by atoms with Gasteiger partial charge in [0.2, 0.25) is 0 Å². The minimum atomic E-state index is -3.75. The Morgan fingerprint density at radius 2 is 2.06 bits per heavy atom. The van der Waals surface area contributed by atoms with Gasteiger partial charge in [-0.2, -0.15) is 5.10 Å². The number of carbonyl (C=O) groups excluding carboxylic acids is 1. The number of rotatable bonds is 7. The van der Waals surface area contributed by atoms with E-state index in [-0.39, 0.29) is 4.90 Å². The molecule has 1 aliphatic rings. The quantitative estimate of drug-likeness (QED) is 0.429. The van der Waals surface area contributed by atoms with Crippen LogP contribution in [0.5, 0.6) is 0 Å². The van der Waals surface area contributed by atoms with Crippen LogP contribution in [0.25, 0.3) is 17.2 Å². The summed E-state index contributed by atoms with van der Waals surface area (Å²) in [4.78, 5) is 17.3. The fourth-order valence-electron chi connectivity index (χ4n) is 3.12. The number of hydrogen-bond donors (Lipinski definition) is 2. The standard InChI is InChI=1S/C21H22N4O5S/c26-20(24-30-21-3-1-2-12-29-21)9-4-16-10-11-25(15-16)31(27,28)19-7-5-17(6-8-19)18-13-22-23-14-18/h4-11,13-15,21H,1-3,12H2,(H,22,23)(H,24,26)/b9-4+. The van der Waals surface area contributed by atoms with E-state index in [1.807, 2.05) is 0 Å². The predicted molar refractivity (Wildman–Crippen MR) is 113 cm³/mol. The van der Waals surface area contributed by atoms with Crippen LogP contribution in [0.3, 0.4) is 0 Å². The second-order valence-corrected chi connectivity index (χ2v) is 8.85. The van der Waals surface area contributed by atoms with Crippen LogP contribution in [0.15, 0.2) is 66.1 Å². The highest BCUT2D eigenvalue weighted by atomic mass is 32.2. The minimum absolute atomic E-state index is 0.157. The summed E-state index contributed by atoms with van der Waals surface area (Å²) in [5.41, 5.74) is 4.61. The molecule has 3 aromatic rings. The lowest BCUT2D eigenvalue weighted by molar-refractivity contribution is -0.198. The number of nitrogens with zero attached hydrogens (tertiary/aromatic N) is 2. The Morgan fingerprint density at radius 1 is 1.23 bits per heavy atom. The summed E-state index contributed by atoms with van der Waals surface area (Å²) in [6.07, 6.45) is 11.3. The van der Waals surface area contributed by atoms with Crippen molar-refractivity contribution in [1.29, 1.82) is 0 Å². The molecule has 1 aliphatic heterocycles. The van der Waals surface area contributed by atoms with Crippen molar-refractivity contribution in [3.63, 3.8) is 0 Å². The Kier molecular flexibility index (Phi) is 6.31. The third-order valence-electron chi connectivity index (χ3n) is 4.81. The molecule has 0 aliphatic carbocycles. The van der Waals surface area contributed by atoms with Gasteiger partial charge in [-0.25, -0.2) is 22.7 Å². The zero-order chi connectivity index (χ0) is 21.7. The number of H-pyrrole nitrogens is 1. The van der Waals surface area contributed by atoms with Crippen LogP contribution in [0.2, 0.25) is 0 Å². The molecule has 1 aromatic carbocycles. The minimum Gasteiger partial charge on any atom is -0.350 e. The van der Waals surface area contributed by atoms with E-state index in [2.05, 4.69) is 15.7 Å². The molecule has 0 saturated carbocycles. The topological polar surface area (TPSA) is 115 Å². The SMILES string of the molecule is O=C(/C=C/c1ccn(S(=O)(=O)c2ccc(-c3cn[nH]c3)cc2)c1)NOC1CCCCO1. The van der Waals surface area contributed by atoms with Crippen molar-refractivity contribution >= 4 is 22.0 Å². The highest BCUT2D eigenvalue weighted by molar-refractivity contribution is 7.90. The van der Waals surface area contributed by atoms with Gasteiger partial charge in [-0.3, -0.25) is 9.89 Å². The van der Waals surface area contributed by atoms with Crippen molar-refractivity contribution in [2.24, 2.45) is 0 Å².